The number of rotatable bonds is 5. The number of ether oxygens (including phenoxy) is 1. The molecule has 0 spiro atoms. The molecular formula is C21H26N4O3. The lowest BCUT2D eigenvalue weighted by atomic mass is 9.95. The molecule has 1 atom stereocenters. The van der Waals surface area contributed by atoms with Crippen molar-refractivity contribution in [3.05, 3.63) is 43.0 Å². The maximum atomic E-state index is 13.0. The molecule has 0 saturated carbocycles. The van der Waals surface area contributed by atoms with E-state index in [1.54, 1.807) is 18.2 Å². The third kappa shape index (κ3) is 3.88. The number of aromatic nitrogens is 2. The molecule has 2 fully saturated rings. The van der Waals surface area contributed by atoms with Gasteiger partial charge in [-0.1, -0.05) is 6.07 Å². The SMILES string of the molecule is COc1cccc(N2CC(C(=O)N3CCC(Cn4ccnc4)CC3)CC2=O)c1. The Morgan fingerprint density at radius 1 is 1.29 bits per heavy atom. The van der Waals surface area contributed by atoms with Gasteiger partial charge in [0.25, 0.3) is 0 Å². The fraction of sp³-hybridized carbons (Fsp3) is 0.476. The van der Waals surface area contributed by atoms with Gasteiger partial charge in [-0.2, -0.15) is 0 Å². The Hall–Kier alpha value is -2.83. The zero-order valence-electron chi connectivity index (χ0n) is 16.2. The number of amides is 2. The summed E-state index contributed by atoms with van der Waals surface area (Å²) in [4.78, 5) is 33.2. The lowest BCUT2D eigenvalue weighted by Crippen LogP contribution is -2.43. The van der Waals surface area contributed by atoms with E-state index in [4.69, 9.17) is 4.74 Å². The van der Waals surface area contributed by atoms with Crippen LogP contribution in [0, 0.1) is 11.8 Å². The summed E-state index contributed by atoms with van der Waals surface area (Å²) < 4.78 is 7.35. The predicted molar refractivity (Wildman–Crippen MR) is 105 cm³/mol. The number of carbonyl (C=O) groups excluding carboxylic acids is 2. The number of likely N-dealkylation sites (tertiary alicyclic amines) is 1. The van der Waals surface area contributed by atoms with E-state index < -0.39 is 0 Å². The van der Waals surface area contributed by atoms with Gasteiger partial charge < -0.3 is 19.1 Å². The smallest absolute Gasteiger partial charge is 0.228 e. The number of piperidine rings is 1. The van der Waals surface area contributed by atoms with Crippen molar-refractivity contribution in [3.8, 4) is 5.75 Å². The summed E-state index contributed by atoms with van der Waals surface area (Å²) in [5, 5.41) is 0. The third-order valence-electron chi connectivity index (χ3n) is 5.79. The van der Waals surface area contributed by atoms with Gasteiger partial charge in [-0.3, -0.25) is 9.59 Å². The van der Waals surface area contributed by atoms with Crippen LogP contribution in [0.5, 0.6) is 5.75 Å². The molecule has 1 aromatic heterocycles. The molecule has 0 N–H and O–H groups in total. The van der Waals surface area contributed by atoms with Crippen molar-refractivity contribution >= 4 is 17.5 Å². The van der Waals surface area contributed by atoms with E-state index in [1.165, 1.54) is 0 Å². The van der Waals surface area contributed by atoms with Crippen LogP contribution in [0.4, 0.5) is 5.69 Å². The summed E-state index contributed by atoms with van der Waals surface area (Å²) in [7, 11) is 1.60. The first-order chi connectivity index (χ1) is 13.6. The van der Waals surface area contributed by atoms with E-state index in [0.29, 0.717) is 18.2 Å². The van der Waals surface area contributed by atoms with Gasteiger partial charge in [0, 0.05) is 56.7 Å². The minimum Gasteiger partial charge on any atom is -0.497 e. The van der Waals surface area contributed by atoms with Crippen LogP contribution in [-0.4, -0.2) is 53.0 Å². The number of hydrogen-bond acceptors (Lipinski definition) is 4. The third-order valence-corrected chi connectivity index (χ3v) is 5.79. The monoisotopic (exact) mass is 382 g/mol. The van der Waals surface area contributed by atoms with E-state index in [0.717, 1.165) is 38.2 Å². The Balaban J connectivity index is 1.33. The minimum absolute atomic E-state index is 0.00148. The first-order valence-electron chi connectivity index (χ1n) is 9.83. The maximum Gasteiger partial charge on any atom is 0.228 e. The first kappa shape index (κ1) is 18.5. The average Bonchev–Trinajstić information content (AvgIpc) is 3.37. The molecule has 148 valence electrons. The van der Waals surface area contributed by atoms with Crippen LogP contribution in [0.3, 0.4) is 0 Å². The van der Waals surface area contributed by atoms with Crippen LogP contribution >= 0.6 is 0 Å². The van der Waals surface area contributed by atoms with E-state index in [-0.39, 0.29) is 24.2 Å². The second kappa shape index (κ2) is 8.04. The molecule has 0 bridgehead atoms. The average molecular weight is 382 g/mol. The molecule has 2 aliphatic rings. The van der Waals surface area contributed by atoms with Gasteiger partial charge in [0.2, 0.25) is 11.8 Å². The molecule has 0 radical (unpaired) electrons. The van der Waals surface area contributed by atoms with Crippen molar-refractivity contribution < 1.29 is 14.3 Å². The van der Waals surface area contributed by atoms with Crippen molar-refractivity contribution in [1.29, 1.82) is 0 Å². The second-order valence-electron chi connectivity index (χ2n) is 7.64. The van der Waals surface area contributed by atoms with Crippen LogP contribution in [0.25, 0.3) is 0 Å². The Morgan fingerprint density at radius 2 is 2.11 bits per heavy atom. The van der Waals surface area contributed by atoms with Crippen molar-refractivity contribution in [2.75, 3.05) is 31.6 Å². The lowest BCUT2D eigenvalue weighted by Gasteiger charge is -2.33. The van der Waals surface area contributed by atoms with E-state index in [9.17, 15) is 9.59 Å². The maximum absolute atomic E-state index is 13.0. The highest BCUT2D eigenvalue weighted by molar-refractivity contribution is 6.00. The zero-order valence-corrected chi connectivity index (χ0v) is 16.2. The number of carbonyl (C=O) groups is 2. The van der Waals surface area contributed by atoms with Crippen LogP contribution in [0.15, 0.2) is 43.0 Å². The predicted octanol–water partition coefficient (Wildman–Crippen LogP) is 2.18. The number of imidazole rings is 1. The van der Waals surface area contributed by atoms with Crippen LogP contribution in [0.2, 0.25) is 0 Å². The van der Waals surface area contributed by atoms with Gasteiger partial charge in [-0.25, -0.2) is 4.98 Å². The number of nitrogens with zero attached hydrogens (tertiary/aromatic N) is 4. The van der Waals surface area contributed by atoms with Crippen molar-refractivity contribution in [2.45, 2.75) is 25.8 Å². The molecule has 3 heterocycles. The molecule has 2 saturated heterocycles. The van der Waals surface area contributed by atoms with E-state index >= 15 is 0 Å². The largest absolute Gasteiger partial charge is 0.497 e. The fourth-order valence-corrected chi connectivity index (χ4v) is 4.19. The first-order valence-corrected chi connectivity index (χ1v) is 9.83. The van der Waals surface area contributed by atoms with Crippen molar-refractivity contribution in [1.82, 2.24) is 14.5 Å². The number of anilines is 1. The summed E-state index contributed by atoms with van der Waals surface area (Å²) in [6.45, 7) is 2.93. The molecular weight excluding hydrogens is 356 g/mol. The molecule has 1 unspecified atom stereocenters. The van der Waals surface area contributed by atoms with E-state index in [2.05, 4.69) is 9.55 Å². The van der Waals surface area contributed by atoms with Gasteiger partial charge in [-0.05, 0) is 30.9 Å². The second-order valence-corrected chi connectivity index (χ2v) is 7.64. The zero-order chi connectivity index (χ0) is 19.5. The standard InChI is InChI=1S/C21H26N4O3/c1-28-19-4-2-3-18(12-19)25-14-17(11-20(25)26)21(27)24-8-5-16(6-9-24)13-23-10-7-22-15-23/h2-4,7,10,12,15-17H,5-6,8-9,11,13-14H2,1H3. The molecule has 2 amide bonds. The minimum atomic E-state index is -0.260. The Labute approximate surface area is 164 Å². The summed E-state index contributed by atoms with van der Waals surface area (Å²) >= 11 is 0. The number of methoxy groups -OCH3 is 1. The van der Waals surface area contributed by atoms with Crippen molar-refractivity contribution in [2.24, 2.45) is 11.8 Å². The molecule has 28 heavy (non-hydrogen) atoms. The summed E-state index contributed by atoms with van der Waals surface area (Å²) in [6, 6.07) is 7.43. The molecule has 2 aromatic rings. The number of benzene rings is 1. The Kier molecular flexibility index (Phi) is 5.32. The highest BCUT2D eigenvalue weighted by atomic mass is 16.5. The normalized spacial score (nSPS) is 20.6. The fourth-order valence-electron chi connectivity index (χ4n) is 4.19. The van der Waals surface area contributed by atoms with Crippen LogP contribution in [0.1, 0.15) is 19.3 Å². The Bertz CT molecular complexity index is 828. The Morgan fingerprint density at radius 3 is 2.82 bits per heavy atom. The van der Waals surface area contributed by atoms with E-state index in [1.807, 2.05) is 41.7 Å². The molecule has 7 heteroatoms. The highest BCUT2D eigenvalue weighted by Gasteiger charge is 2.38. The van der Waals surface area contributed by atoms with Gasteiger partial charge in [-0.15, -0.1) is 0 Å². The molecule has 7 nitrogen and oxygen atoms in total. The molecule has 1 aromatic carbocycles. The molecule has 2 aliphatic heterocycles. The summed E-state index contributed by atoms with van der Waals surface area (Å²) in [5.41, 5.74) is 0.790. The quantitative estimate of drug-likeness (QED) is 0.795. The summed E-state index contributed by atoms with van der Waals surface area (Å²) in [6.07, 6.45) is 7.88. The topological polar surface area (TPSA) is 67.7 Å². The molecule has 0 aliphatic carbocycles. The van der Waals surface area contributed by atoms with Gasteiger partial charge in [0.1, 0.15) is 5.75 Å². The van der Waals surface area contributed by atoms with Gasteiger partial charge >= 0.3 is 0 Å². The van der Waals surface area contributed by atoms with Crippen molar-refractivity contribution in [3.63, 3.8) is 0 Å². The lowest BCUT2D eigenvalue weighted by molar-refractivity contribution is -0.137. The van der Waals surface area contributed by atoms with Gasteiger partial charge in [0.05, 0.1) is 19.4 Å². The number of hydrogen-bond donors (Lipinski definition) is 0. The van der Waals surface area contributed by atoms with Crippen LogP contribution < -0.4 is 9.64 Å². The van der Waals surface area contributed by atoms with Crippen LogP contribution in [-0.2, 0) is 16.1 Å². The van der Waals surface area contributed by atoms with Gasteiger partial charge in [0.15, 0.2) is 0 Å². The highest BCUT2D eigenvalue weighted by Crippen LogP contribution is 2.30. The molecule has 4 rings (SSSR count). The summed E-state index contributed by atoms with van der Waals surface area (Å²) in [5.74, 6) is 1.13.